The highest BCUT2D eigenvalue weighted by Gasteiger charge is 2.28. The van der Waals surface area contributed by atoms with Crippen molar-refractivity contribution in [3.05, 3.63) is 212 Å². The number of benzene rings is 6. The molecule has 0 bridgehead atoms. The lowest BCUT2D eigenvalue weighted by atomic mass is 9.95. The van der Waals surface area contributed by atoms with Crippen molar-refractivity contribution >= 4 is 23.2 Å². The summed E-state index contributed by atoms with van der Waals surface area (Å²) in [6.07, 6.45) is 1.77. The number of hydrogen-bond acceptors (Lipinski definition) is 7. The SMILES string of the molecule is CCN(c1cc(-c2ccc(N(Cc3ccccc3)C(=O)c3cc(C(C)C)c(OCc4ccccc4)cc3OCc3ccccc3)cc2)cc(C(=O)NCc2c(C)cc(C)[nH]c2=O)c1C)C1CCOCC1. The molecule has 10 nitrogen and oxygen atoms in total. The van der Waals surface area contributed by atoms with Gasteiger partial charge in [0, 0.05) is 66.6 Å². The van der Waals surface area contributed by atoms with E-state index in [9.17, 15) is 9.59 Å². The van der Waals surface area contributed by atoms with Crippen LogP contribution in [0.4, 0.5) is 11.4 Å². The molecule has 10 heteroatoms. The van der Waals surface area contributed by atoms with Crippen LogP contribution in [0.1, 0.15) is 105 Å². The van der Waals surface area contributed by atoms with Gasteiger partial charge in [0.15, 0.2) is 0 Å². The van der Waals surface area contributed by atoms with Gasteiger partial charge >= 0.3 is 0 Å². The maximum atomic E-state index is 15.4. The van der Waals surface area contributed by atoms with E-state index in [4.69, 9.17) is 14.2 Å². The summed E-state index contributed by atoms with van der Waals surface area (Å²) in [5.74, 6) is 0.659. The number of nitrogens with zero attached hydrogens (tertiary/aromatic N) is 2. The van der Waals surface area contributed by atoms with E-state index in [0.29, 0.717) is 60.2 Å². The second-order valence-corrected chi connectivity index (χ2v) is 18.4. The van der Waals surface area contributed by atoms with E-state index in [2.05, 4.69) is 42.0 Å². The van der Waals surface area contributed by atoms with Gasteiger partial charge in [-0.2, -0.15) is 0 Å². The molecule has 1 fully saturated rings. The minimum Gasteiger partial charge on any atom is -0.488 e. The van der Waals surface area contributed by atoms with Crippen molar-refractivity contribution in [2.45, 2.75) is 92.6 Å². The molecule has 2 amide bonds. The number of amides is 2. The molecule has 1 aliphatic rings. The minimum absolute atomic E-state index is 0.0400. The lowest BCUT2D eigenvalue weighted by Gasteiger charge is -2.37. The predicted molar refractivity (Wildman–Crippen MR) is 280 cm³/mol. The molecule has 0 unspecified atom stereocenters. The Morgan fingerprint density at radius 1 is 0.714 bits per heavy atom. The number of anilines is 2. The van der Waals surface area contributed by atoms with Crippen LogP contribution < -0.4 is 30.1 Å². The average Bonchev–Trinajstić information content (AvgIpc) is 3.38. The molecule has 2 N–H and O–H groups in total. The van der Waals surface area contributed by atoms with Gasteiger partial charge in [0.1, 0.15) is 24.7 Å². The molecule has 70 heavy (non-hydrogen) atoms. The standard InChI is InChI=1S/C60H64N4O6/c1-7-63(50-27-29-68-30-28-50)55-33-48(32-52(43(55)6)58(65)61-36-54-41(4)31-42(5)62-59(54)66)47-23-25-49(26-24-47)64(37-44-17-11-8-12-18-44)60(67)53-34-51(40(2)3)56(69-38-45-19-13-9-14-20-45)35-57(53)70-39-46-21-15-10-16-22-46/h8-26,31-35,40,50H,7,27-30,36-39H2,1-6H3,(H,61,65)(H,62,66). The molecular formula is C60H64N4O6. The van der Waals surface area contributed by atoms with Crippen LogP contribution in [0.5, 0.6) is 11.5 Å². The molecule has 0 radical (unpaired) electrons. The number of pyridine rings is 1. The summed E-state index contributed by atoms with van der Waals surface area (Å²) >= 11 is 0. The van der Waals surface area contributed by atoms with Crippen molar-refractivity contribution in [3.63, 3.8) is 0 Å². The molecule has 0 saturated carbocycles. The third-order valence-corrected chi connectivity index (χ3v) is 13.2. The van der Waals surface area contributed by atoms with E-state index >= 15 is 4.79 Å². The van der Waals surface area contributed by atoms with E-state index in [1.54, 1.807) is 4.90 Å². The molecule has 8 rings (SSSR count). The fourth-order valence-corrected chi connectivity index (χ4v) is 9.32. The largest absolute Gasteiger partial charge is 0.488 e. The van der Waals surface area contributed by atoms with Crippen molar-refractivity contribution in [2.24, 2.45) is 0 Å². The Balaban J connectivity index is 1.18. The summed E-state index contributed by atoms with van der Waals surface area (Å²) in [5.41, 5.74) is 11.0. The highest BCUT2D eigenvalue weighted by atomic mass is 16.5. The van der Waals surface area contributed by atoms with E-state index in [1.165, 1.54) is 0 Å². The number of rotatable bonds is 18. The first-order chi connectivity index (χ1) is 34.0. The summed E-state index contributed by atoms with van der Waals surface area (Å²) in [6, 6.07) is 48.0. The van der Waals surface area contributed by atoms with E-state index in [-0.39, 0.29) is 42.5 Å². The van der Waals surface area contributed by atoms with Crippen LogP contribution in [0.15, 0.2) is 150 Å². The highest BCUT2D eigenvalue weighted by molar-refractivity contribution is 6.08. The molecule has 2 heterocycles. The van der Waals surface area contributed by atoms with Crippen molar-refractivity contribution < 1.29 is 23.8 Å². The summed E-state index contributed by atoms with van der Waals surface area (Å²) in [5, 5.41) is 3.07. The summed E-state index contributed by atoms with van der Waals surface area (Å²) in [6.45, 7) is 15.2. The van der Waals surface area contributed by atoms with Crippen LogP contribution >= 0.6 is 0 Å². The van der Waals surface area contributed by atoms with Gasteiger partial charge in [0.2, 0.25) is 0 Å². The molecule has 1 saturated heterocycles. The monoisotopic (exact) mass is 936 g/mol. The second kappa shape index (κ2) is 22.8. The second-order valence-electron chi connectivity index (χ2n) is 18.4. The van der Waals surface area contributed by atoms with Gasteiger partial charge in [-0.05, 0) is 127 Å². The molecule has 1 aliphatic heterocycles. The zero-order chi connectivity index (χ0) is 49.1. The topological polar surface area (TPSA) is 113 Å². The fraction of sp³-hybridized carbons (Fsp3) is 0.283. The van der Waals surface area contributed by atoms with Gasteiger partial charge in [0.05, 0.1) is 12.1 Å². The number of carbonyl (C=O) groups excluding carboxylic acids is 2. The molecule has 0 aliphatic carbocycles. The van der Waals surface area contributed by atoms with Gasteiger partial charge in [-0.25, -0.2) is 0 Å². The molecule has 360 valence electrons. The van der Waals surface area contributed by atoms with E-state index < -0.39 is 0 Å². The number of hydrogen-bond donors (Lipinski definition) is 2. The fourth-order valence-electron chi connectivity index (χ4n) is 9.32. The zero-order valence-corrected chi connectivity index (χ0v) is 41.2. The number of aromatic amines is 1. The number of aromatic nitrogens is 1. The smallest absolute Gasteiger partial charge is 0.262 e. The van der Waals surface area contributed by atoms with Crippen LogP contribution in [-0.2, 0) is 31.0 Å². The van der Waals surface area contributed by atoms with Crippen LogP contribution in [-0.4, -0.2) is 42.6 Å². The zero-order valence-electron chi connectivity index (χ0n) is 41.2. The summed E-state index contributed by atoms with van der Waals surface area (Å²) in [4.78, 5) is 49.7. The first kappa shape index (κ1) is 49.0. The normalized spacial score (nSPS) is 12.7. The Morgan fingerprint density at radius 2 is 1.31 bits per heavy atom. The van der Waals surface area contributed by atoms with Gasteiger partial charge in [0.25, 0.3) is 17.4 Å². The Kier molecular flexibility index (Phi) is 16.0. The summed E-state index contributed by atoms with van der Waals surface area (Å²) < 4.78 is 18.8. The summed E-state index contributed by atoms with van der Waals surface area (Å²) in [7, 11) is 0. The molecule has 6 aromatic carbocycles. The molecule has 7 aromatic rings. The lowest BCUT2D eigenvalue weighted by Crippen LogP contribution is -2.40. The predicted octanol–water partition coefficient (Wildman–Crippen LogP) is 12.0. The van der Waals surface area contributed by atoms with E-state index in [1.807, 2.05) is 160 Å². The Hall–Kier alpha value is -7.43. The van der Waals surface area contributed by atoms with Crippen LogP contribution in [0, 0.1) is 20.8 Å². The maximum absolute atomic E-state index is 15.4. The lowest BCUT2D eigenvalue weighted by molar-refractivity contribution is 0.0845. The average molecular weight is 937 g/mol. The van der Waals surface area contributed by atoms with Crippen molar-refractivity contribution in [1.82, 2.24) is 10.3 Å². The first-order valence-electron chi connectivity index (χ1n) is 24.4. The highest BCUT2D eigenvalue weighted by Crippen LogP contribution is 2.38. The number of H-pyrrole nitrogens is 1. The van der Waals surface area contributed by atoms with Gasteiger partial charge in [-0.3, -0.25) is 14.4 Å². The molecular weight excluding hydrogens is 873 g/mol. The number of aryl methyl sites for hydroxylation is 2. The van der Waals surface area contributed by atoms with Gasteiger partial charge in [-0.15, -0.1) is 0 Å². The van der Waals surface area contributed by atoms with Crippen molar-refractivity contribution in [1.29, 1.82) is 0 Å². The number of nitrogens with one attached hydrogen (secondary N) is 2. The Labute approximate surface area is 412 Å². The molecule has 1 aromatic heterocycles. The van der Waals surface area contributed by atoms with Gasteiger partial charge < -0.3 is 34.3 Å². The Bertz CT molecular complexity index is 2950. The van der Waals surface area contributed by atoms with Crippen LogP contribution in [0.3, 0.4) is 0 Å². The minimum atomic E-state index is -0.262. The van der Waals surface area contributed by atoms with Crippen molar-refractivity contribution in [2.75, 3.05) is 29.6 Å². The first-order valence-corrected chi connectivity index (χ1v) is 24.4. The number of ether oxygens (including phenoxy) is 3. The van der Waals surface area contributed by atoms with Crippen LogP contribution in [0.2, 0.25) is 0 Å². The molecule has 0 atom stereocenters. The third kappa shape index (κ3) is 11.7. The number of carbonyl (C=O) groups is 2. The quantitative estimate of drug-likeness (QED) is 0.0881. The maximum Gasteiger partial charge on any atom is 0.262 e. The Morgan fingerprint density at radius 3 is 1.90 bits per heavy atom. The van der Waals surface area contributed by atoms with Crippen molar-refractivity contribution in [3.8, 4) is 22.6 Å². The third-order valence-electron chi connectivity index (χ3n) is 13.2. The van der Waals surface area contributed by atoms with Gasteiger partial charge in [-0.1, -0.05) is 117 Å². The van der Waals surface area contributed by atoms with Crippen LogP contribution in [0.25, 0.3) is 11.1 Å². The van der Waals surface area contributed by atoms with E-state index in [0.717, 1.165) is 75.3 Å². The molecule has 0 spiro atoms.